The fourth-order valence-corrected chi connectivity index (χ4v) is 2.37. The third-order valence-corrected chi connectivity index (χ3v) is 4.46. The summed E-state index contributed by atoms with van der Waals surface area (Å²) in [6, 6.07) is 10.6. The number of benzene rings is 1. The largest absolute Gasteiger partial charge is 0.492 e. The maximum absolute atomic E-state index is 12.3. The molecule has 0 radical (unpaired) electrons. The molecule has 1 aromatic heterocycles. The first kappa shape index (κ1) is 17.3. The number of nitriles is 1. The summed E-state index contributed by atoms with van der Waals surface area (Å²) in [6.45, 7) is 2.33. The lowest BCUT2D eigenvalue weighted by Gasteiger charge is -2.10. The Morgan fingerprint density at radius 2 is 2.17 bits per heavy atom. The van der Waals surface area contributed by atoms with Crippen molar-refractivity contribution in [1.29, 1.82) is 5.26 Å². The second kappa shape index (κ2) is 7.99. The number of rotatable bonds is 5. The van der Waals surface area contributed by atoms with Crippen molar-refractivity contribution in [3.05, 3.63) is 50.8 Å². The van der Waals surface area contributed by atoms with Gasteiger partial charge in [0.15, 0.2) is 4.67 Å². The van der Waals surface area contributed by atoms with Crippen LogP contribution in [0, 0.1) is 11.3 Å². The molecule has 2 aromatic rings. The highest BCUT2D eigenvalue weighted by Crippen LogP contribution is 2.28. The Labute approximate surface area is 150 Å². The van der Waals surface area contributed by atoms with Crippen LogP contribution in [0.3, 0.4) is 0 Å². The van der Waals surface area contributed by atoms with Gasteiger partial charge in [0.05, 0.1) is 16.8 Å². The smallest absolute Gasteiger partial charge is 0.266 e. The summed E-state index contributed by atoms with van der Waals surface area (Å²) in [6.07, 6.45) is 1.37. The highest BCUT2D eigenvalue weighted by Gasteiger charge is 2.14. The van der Waals surface area contributed by atoms with Crippen LogP contribution >= 0.6 is 31.9 Å². The highest BCUT2D eigenvalue weighted by atomic mass is 79.9. The van der Waals surface area contributed by atoms with Crippen LogP contribution in [0.15, 0.2) is 49.5 Å². The molecule has 1 heterocycles. The van der Waals surface area contributed by atoms with E-state index >= 15 is 0 Å². The number of carbonyl (C=O) groups is 1. The monoisotopic (exact) mass is 438 g/mol. The van der Waals surface area contributed by atoms with Gasteiger partial charge >= 0.3 is 0 Å². The number of halogens is 2. The molecule has 0 spiro atoms. The Morgan fingerprint density at radius 3 is 2.78 bits per heavy atom. The molecule has 0 fully saturated rings. The first-order valence-corrected chi connectivity index (χ1v) is 8.23. The van der Waals surface area contributed by atoms with Gasteiger partial charge < -0.3 is 14.5 Å². The zero-order valence-corrected chi connectivity index (χ0v) is 15.3. The average molecular weight is 440 g/mol. The number of carbonyl (C=O) groups excluding carboxylic acids is 1. The molecule has 0 saturated heterocycles. The van der Waals surface area contributed by atoms with Crippen LogP contribution in [0.1, 0.15) is 12.7 Å². The fourth-order valence-electron chi connectivity index (χ4n) is 1.77. The number of hydrogen-bond donors (Lipinski definition) is 1. The van der Waals surface area contributed by atoms with Crippen molar-refractivity contribution in [2.45, 2.75) is 6.92 Å². The van der Waals surface area contributed by atoms with Crippen molar-refractivity contribution in [1.82, 2.24) is 0 Å². The van der Waals surface area contributed by atoms with Crippen LogP contribution in [0.2, 0.25) is 0 Å². The van der Waals surface area contributed by atoms with Crippen LogP contribution in [-0.4, -0.2) is 12.5 Å². The second-order valence-electron chi connectivity index (χ2n) is 4.32. The van der Waals surface area contributed by atoms with Crippen molar-refractivity contribution in [3.8, 4) is 11.8 Å². The van der Waals surface area contributed by atoms with E-state index < -0.39 is 5.91 Å². The van der Waals surface area contributed by atoms with Gasteiger partial charge in [0.1, 0.15) is 23.2 Å². The molecule has 1 aromatic carbocycles. The van der Waals surface area contributed by atoms with E-state index in [1.54, 1.807) is 30.3 Å². The van der Waals surface area contributed by atoms with Crippen molar-refractivity contribution in [2.75, 3.05) is 11.9 Å². The molecule has 0 bridgehead atoms. The Morgan fingerprint density at radius 1 is 1.43 bits per heavy atom. The Bertz CT molecular complexity index is 771. The molecule has 0 aliphatic heterocycles. The molecular weight excluding hydrogens is 428 g/mol. The van der Waals surface area contributed by atoms with Gasteiger partial charge in [-0.05, 0) is 57.0 Å². The van der Waals surface area contributed by atoms with Crippen LogP contribution in [0.4, 0.5) is 5.69 Å². The molecule has 0 aliphatic rings. The first-order chi connectivity index (χ1) is 11.0. The molecule has 118 valence electrons. The average Bonchev–Trinajstić information content (AvgIpc) is 2.85. The van der Waals surface area contributed by atoms with E-state index in [1.165, 1.54) is 6.08 Å². The van der Waals surface area contributed by atoms with E-state index in [-0.39, 0.29) is 5.57 Å². The van der Waals surface area contributed by atoms with Crippen LogP contribution in [-0.2, 0) is 4.79 Å². The van der Waals surface area contributed by atoms with Crippen LogP contribution in [0.5, 0.6) is 5.75 Å². The molecule has 0 saturated carbocycles. The van der Waals surface area contributed by atoms with Crippen LogP contribution < -0.4 is 10.1 Å². The van der Waals surface area contributed by atoms with Gasteiger partial charge in [-0.15, -0.1) is 0 Å². The maximum atomic E-state index is 12.3. The third kappa shape index (κ3) is 4.47. The van der Waals surface area contributed by atoms with Crippen molar-refractivity contribution < 1.29 is 13.9 Å². The van der Waals surface area contributed by atoms with Crippen molar-refractivity contribution >= 4 is 49.5 Å². The van der Waals surface area contributed by atoms with Gasteiger partial charge in [-0.25, -0.2) is 0 Å². The highest BCUT2D eigenvalue weighted by molar-refractivity contribution is 9.13. The van der Waals surface area contributed by atoms with Gasteiger partial charge in [0.2, 0.25) is 0 Å². The van der Waals surface area contributed by atoms with E-state index in [1.807, 2.05) is 13.0 Å². The number of hydrogen-bond acceptors (Lipinski definition) is 4. The number of furan rings is 1. The summed E-state index contributed by atoms with van der Waals surface area (Å²) in [5.74, 6) is 0.390. The zero-order valence-electron chi connectivity index (χ0n) is 12.1. The lowest BCUT2D eigenvalue weighted by Crippen LogP contribution is -2.14. The number of anilines is 1. The minimum Gasteiger partial charge on any atom is -0.492 e. The SMILES string of the molecule is CCOc1ccccc1NC(=O)/C(C#N)=C\c1cc(Br)c(Br)o1. The summed E-state index contributed by atoms with van der Waals surface area (Å²) in [4.78, 5) is 12.3. The summed E-state index contributed by atoms with van der Waals surface area (Å²) in [5.41, 5.74) is 0.423. The van der Waals surface area contributed by atoms with E-state index in [4.69, 9.17) is 9.15 Å². The standard InChI is InChI=1S/C16H12Br2N2O3/c1-2-22-14-6-4-3-5-13(14)20-16(21)10(9-19)7-11-8-12(17)15(18)23-11/h3-8H,2H2,1H3,(H,20,21)/b10-7-. The lowest BCUT2D eigenvalue weighted by molar-refractivity contribution is -0.112. The zero-order chi connectivity index (χ0) is 16.8. The normalized spacial score (nSPS) is 11.0. The molecule has 1 N–H and O–H groups in total. The topological polar surface area (TPSA) is 75.3 Å². The molecule has 0 aliphatic carbocycles. The fraction of sp³-hybridized carbons (Fsp3) is 0.125. The Kier molecular flexibility index (Phi) is 6.02. The molecule has 5 nitrogen and oxygen atoms in total. The molecule has 23 heavy (non-hydrogen) atoms. The van der Waals surface area contributed by atoms with E-state index in [2.05, 4.69) is 37.2 Å². The van der Waals surface area contributed by atoms with E-state index in [0.717, 1.165) is 0 Å². The number of ether oxygens (including phenoxy) is 1. The van der Waals surface area contributed by atoms with Gasteiger partial charge in [-0.2, -0.15) is 5.26 Å². The minimum atomic E-state index is -0.539. The number of nitrogens with one attached hydrogen (secondary N) is 1. The van der Waals surface area contributed by atoms with Gasteiger partial charge in [-0.1, -0.05) is 12.1 Å². The Hall–Kier alpha value is -2.04. The quantitative estimate of drug-likeness (QED) is 0.538. The molecule has 7 heteroatoms. The second-order valence-corrected chi connectivity index (χ2v) is 5.90. The molecule has 2 rings (SSSR count). The minimum absolute atomic E-state index is 0.0787. The summed E-state index contributed by atoms with van der Waals surface area (Å²) in [5, 5.41) is 11.9. The predicted molar refractivity (Wildman–Crippen MR) is 93.9 cm³/mol. The predicted octanol–water partition coefficient (Wildman–Crippen LogP) is 4.75. The Balaban J connectivity index is 2.23. The van der Waals surface area contributed by atoms with Gasteiger partial charge in [-0.3, -0.25) is 4.79 Å². The summed E-state index contributed by atoms with van der Waals surface area (Å²) >= 11 is 6.48. The molecule has 0 unspecified atom stereocenters. The van der Waals surface area contributed by atoms with E-state index in [0.29, 0.717) is 32.9 Å². The summed E-state index contributed by atoms with van der Waals surface area (Å²) < 4.78 is 12.0. The number of amides is 1. The van der Waals surface area contributed by atoms with Crippen molar-refractivity contribution in [3.63, 3.8) is 0 Å². The third-order valence-electron chi connectivity index (χ3n) is 2.75. The van der Waals surface area contributed by atoms with Crippen molar-refractivity contribution in [2.24, 2.45) is 0 Å². The van der Waals surface area contributed by atoms with E-state index in [9.17, 15) is 10.1 Å². The number of nitrogens with zero attached hydrogens (tertiary/aromatic N) is 1. The first-order valence-electron chi connectivity index (χ1n) is 6.65. The maximum Gasteiger partial charge on any atom is 0.266 e. The molecule has 0 atom stereocenters. The molecule has 1 amide bonds. The van der Waals surface area contributed by atoms with Gasteiger partial charge in [0, 0.05) is 6.08 Å². The number of para-hydroxylation sites is 2. The lowest BCUT2D eigenvalue weighted by atomic mass is 10.2. The van der Waals surface area contributed by atoms with Gasteiger partial charge in [0.25, 0.3) is 5.91 Å². The molecular formula is C16H12Br2N2O3. The summed E-state index contributed by atoms with van der Waals surface area (Å²) in [7, 11) is 0. The van der Waals surface area contributed by atoms with Crippen LogP contribution in [0.25, 0.3) is 6.08 Å².